The molecule has 0 aliphatic carbocycles. The molecule has 0 spiro atoms. The highest BCUT2D eigenvalue weighted by molar-refractivity contribution is 7.20. The number of hydrazone groups is 1. The van der Waals surface area contributed by atoms with Crippen molar-refractivity contribution in [2.45, 2.75) is 52.4 Å². The number of carbonyl (C=O) groups is 1. The molecule has 0 radical (unpaired) electrons. The summed E-state index contributed by atoms with van der Waals surface area (Å²) in [5.74, 6) is 0.805. The number of nitrogens with one attached hydrogen (secondary N) is 3. The van der Waals surface area contributed by atoms with E-state index in [1.807, 2.05) is 65.8 Å². The summed E-state index contributed by atoms with van der Waals surface area (Å²) < 4.78 is 5.51. The van der Waals surface area contributed by atoms with Gasteiger partial charge in [-0.2, -0.15) is 15.5 Å². The number of ether oxygens (including phenoxy) is 1. The van der Waals surface area contributed by atoms with Gasteiger partial charge in [0, 0.05) is 35.5 Å². The molecule has 0 saturated carbocycles. The Morgan fingerprint density at radius 3 is 2.31 bits per heavy atom. The molecule has 3 heterocycles. The fourth-order valence-corrected chi connectivity index (χ4v) is 6.45. The topological polar surface area (TPSA) is 152 Å². The summed E-state index contributed by atoms with van der Waals surface area (Å²) >= 11 is 1.49. The number of aromatic nitrogens is 3. The van der Waals surface area contributed by atoms with Crippen molar-refractivity contribution in [3.63, 3.8) is 0 Å². The van der Waals surface area contributed by atoms with Gasteiger partial charge in [0.1, 0.15) is 23.1 Å². The Hall–Kier alpha value is -4.73. The number of hydrogen-bond donors (Lipinski definition) is 4. The van der Waals surface area contributed by atoms with Gasteiger partial charge in [-0.25, -0.2) is 15.2 Å². The monoisotopic (exact) mass is 626 g/mol. The van der Waals surface area contributed by atoms with Gasteiger partial charge in [-0.1, -0.05) is 53.7 Å². The Balaban J connectivity index is 1.34. The van der Waals surface area contributed by atoms with E-state index in [0.717, 1.165) is 37.7 Å². The average Bonchev–Trinajstić information content (AvgIpc) is 3.66. The van der Waals surface area contributed by atoms with Crippen LogP contribution in [0.25, 0.3) is 21.8 Å². The van der Waals surface area contributed by atoms with Crippen LogP contribution in [-0.2, 0) is 15.6 Å². The molecule has 45 heavy (non-hydrogen) atoms. The van der Waals surface area contributed by atoms with Crippen molar-refractivity contribution in [2.24, 2.45) is 5.10 Å². The number of aromatic hydroxyl groups is 1. The maximum atomic E-state index is 12.7. The van der Waals surface area contributed by atoms with Crippen LogP contribution in [0.2, 0.25) is 0 Å². The zero-order valence-electron chi connectivity index (χ0n) is 26.4. The molecule has 234 valence electrons. The minimum absolute atomic E-state index is 0.276. The van der Waals surface area contributed by atoms with Crippen LogP contribution in [0.3, 0.4) is 0 Å². The smallest absolute Gasteiger partial charge is 0.339 e. The van der Waals surface area contributed by atoms with Gasteiger partial charge in [-0.05, 0) is 46.2 Å². The number of thiophene rings is 1. The maximum Gasteiger partial charge on any atom is 0.339 e. The average molecular weight is 627 g/mol. The summed E-state index contributed by atoms with van der Waals surface area (Å²) in [5.41, 5.74) is 7.05. The molecule has 4 N–H and O–H groups in total. The second-order valence-electron chi connectivity index (χ2n) is 12.9. The summed E-state index contributed by atoms with van der Waals surface area (Å²) in [6.07, 6.45) is 3.09. The number of nitrogens with zero attached hydrogens (tertiary/aromatic N) is 5. The zero-order chi connectivity index (χ0) is 32.4. The van der Waals surface area contributed by atoms with E-state index in [1.165, 1.54) is 17.7 Å². The van der Waals surface area contributed by atoms with Crippen molar-refractivity contribution >= 4 is 34.3 Å². The lowest BCUT2D eigenvalue weighted by atomic mass is 9.78. The number of rotatable bonds is 6. The quantitative estimate of drug-likeness (QED) is 0.143. The van der Waals surface area contributed by atoms with Crippen LogP contribution < -0.4 is 15.6 Å². The van der Waals surface area contributed by atoms with E-state index in [1.54, 1.807) is 18.3 Å². The Kier molecular flexibility index (Phi) is 8.95. The molecule has 1 aliphatic heterocycles. The molecular formula is C33H38N8O3S. The fraction of sp³-hybridized carbons (Fsp3) is 0.364. The molecule has 0 atom stereocenters. The first-order chi connectivity index (χ1) is 21.4. The van der Waals surface area contributed by atoms with Crippen LogP contribution in [0.15, 0.2) is 47.8 Å². The van der Waals surface area contributed by atoms with Crippen LogP contribution >= 0.6 is 11.3 Å². The van der Waals surface area contributed by atoms with E-state index >= 15 is 0 Å². The van der Waals surface area contributed by atoms with Crippen LogP contribution in [0.4, 0.5) is 15.5 Å². The molecule has 5 rings (SSSR count). The first-order valence-electron chi connectivity index (χ1n) is 14.7. The number of urea groups is 1. The lowest BCUT2D eigenvalue weighted by Gasteiger charge is -2.27. The SMILES string of the molecule is CC(C)(C)c1cc(/C=N/NC(=O)Nc2ccc(-c3c(-c4nc[nH]n4)sc(N4CCOCC4)c3C#N)cc2)cc(C(C)(C)C)c1O. The number of phenols is 1. The minimum Gasteiger partial charge on any atom is -0.507 e. The number of amides is 2. The number of H-pyrrole nitrogens is 1. The Bertz CT molecular complexity index is 1700. The molecule has 1 saturated heterocycles. The van der Waals surface area contributed by atoms with E-state index in [9.17, 15) is 15.2 Å². The first-order valence-corrected chi connectivity index (χ1v) is 15.5. The summed E-state index contributed by atoms with van der Waals surface area (Å²) in [7, 11) is 0. The van der Waals surface area contributed by atoms with Gasteiger partial charge in [0.05, 0.1) is 29.9 Å². The lowest BCUT2D eigenvalue weighted by Crippen LogP contribution is -2.36. The fourth-order valence-electron chi connectivity index (χ4n) is 5.18. The van der Waals surface area contributed by atoms with E-state index < -0.39 is 6.03 Å². The Labute approximate surface area is 267 Å². The summed E-state index contributed by atoms with van der Waals surface area (Å²) in [6, 6.07) is 13.0. The first kappa shape index (κ1) is 31.7. The molecule has 11 nitrogen and oxygen atoms in total. The zero-order valence-corrected chi connectivity index (χ0v) is 27.2. The van der Waals surface area contributed by atoms with Crippen molar-refractivity contribution in [2.75, 3.05) is 36.5 Å². The van der Waals surface area contributed by atoms with E-state index in [-0.39, 0.29) is 16.6 Å². The second kappa shape index (κ2) is 12.7. The van der Waals surface area contributed by atoms with Crippen molar-refractivity contribution < 1.29 is 14.6 Å². The minimum atomic E-state index is -0.505. The number of carbonyl (C=O) groups excluding carboxylic acids is 1. The highest BCUT2D eigenvalue weighted by Gasteiger charge is 2.28. The Morgan fingerprint density at radius 1 is 1.11 bits per heavy atom. The van der Waals surface area contributed by atoms with Gasteiger partial charge in [-0.3, -0.25) is 5.10 Å². The molecular weight excluding hydrogens is 588 g/mol. The maximum absolute atomic E-state index is 12.7. The number of benzene rings is 2. The second-order valence-corrected chi connectivity index (χ2v) is 13.9. The van der Waals surface area contributed by atoms with E-state index in [4.69, 9.17) is 4.74 Å². The predicted octanol–water partition coefficient (Wildman–Crippen LogP) is 6.36. The van der Waals surface area contributed by atoms with Gasteiger partial charge in [0.25, 0.3) is 0 Å². The number of nitriles is 1. The summed E-state index contributed by atoms with van der Waals surface area (Å²) in [5, 5.41) is 36.0. The van der Waals surface area contributed by atoms with Crippen LogP contribution in [0.5, 0.6) is 5.75 Å². The van der Waals surface area contributed by atoms with Gasteiger partial charge >= 0.3 is 6.03 Å². The molecule has 0 unspecified atom stereocenters. The number of hydrogen-bond acceptors (Lipinski definition) is 9. The predicted molar refractivity (Wildman–Crippen MR) is 178 cm³/mol. The number of anilines is 2. The molecule has 4 aromatic rings. The summed E-state index contributed by atoms with van der Waals surface area (Å²) in [4.78, 5) is 20.0. The van der Waals surface area contributed by atoms with Crippen molar-refractivity contribution in [1.29, 1.82) is 5.26 Å². The summed E-state index contributed by atoms with van der Waals surface area (Å²) in [6.45, 7) is 14.9. The normalized spacial score (nSPS) is 14.0. The van der Waals surface area contributed by atoms with Crippen molar-refractivity contribution in [1.82, 2.24) is 20.6 Å². The van der Waals surface area contributed by atoms with Gasteiger partial charge < -0.3 is 20.1 Å². The largest absolute Gasteiger partial charge is 0.507 e. The highest BCUT2D eigenvalue weighted by Crippen LogP contribution is 2.46. The number of aromatic amines is 1. The third kappa shape index (κ3) is 7.00. The third-order valence-electron chi connectivity index (χ3n) is 7.48. The standard InChI is InChI=1S/C33H38N8O3S/c1-32(2,3)24-15-20(16-25(27(24)42)33(4,5)6)18-36-40-31(43)38-22-9-7-21(8-10-22)26-23(17-34)30(41-11-13-44-14-12-41)45-28(26)29-35-19-37-39-29/h7-10,15-16,18-19,42H,11-14H2,1-6H3,(H,35,37,39)(H2,38,40,43)/b36-18+. The molecule has 1 fully saturated rings. The highest BCUT2D eigenvalue weighted by atomic mass is 32.1. The molecule has 2 amide bonds. The van der Waals surface area contributed by atoms with E-state index in [0.29, 0.717) is 43.4 Å². The van der Waals surface area contributed by atoms with Crippen LogP contribution in [0.1, 0.15) is 63.8 Å². The molecule has 12 heteroatoms. The molecule has 1 aliphatic rings. The lowest BCUT2D eigenvalue weighted by molar-refractivity contribution is 0.123. The van der Waals surface area contributed by atoms with Crippen molar-refractivity contribution in [3.05, 3.63) is 65.0 Å². The van der Waals surface area contributed by atoms with Gasteiger partial charge in [0.2, 0.25) is 0 Å². The van der Waals surface area contributed by atoms with Crippen LogP contribution in [-0.4, -0.2) is 58.8 Å². The molecule has 2 aromatic heterocycles. The third-order valence-corrected chi connectivity index (χ3v) is 8.72. The van der Waals surface area contributed by atoms with Gasteiger partial charge in [0.15, 0.2) is 5.82 Å². The van der Waals surface area contributed by atoms with Crippen LogP contribution in [0, 0.1) is 11.3 Å². The number of morpholine rings is 1. The van der Waals surface area contributed by atoms with Crippen molar-refractivity contribution in [3.8, 4) is 33.6 Å². The molecule has 2 aromatic carbocycles. The number of phenolic OH excluding ortho intramolecular Hbond substituents is 1. The van der Waals surface area contributed by atoms with Gasteiger partial charge in [-0.15, -0.1) is 11.3 Å². The Morgan fingerprint density at radius 2 is 1.76 bits per heavy atom. The molecule has 0 bridgehead atoms. The van der Waals surface area contributed by atoms with E-state index in [2.05, 4.69) is 42.0 Å².